The molecule has 6 heteroatoms. The molecule has 0 amide bonds. The van der Waals surface area contributed by atoms with Crippen LogP contribution in [0.3, 0.4) is 0 Å². The third-order valence-corrected chi connectivity index (χ3v) is 2.56. The van der Waals surface area contributed by atoms with Gasteiger partial charge in [0.05, 0.1) is 0 Å². The van der Waals surface area contributed by atoms with E-state index in [1.807, 2.05) is 24.3 Å². The smallest absolute Gasteiger partial charge is 0.184 e. The van der Waals surface area contributed by atoms with Gasteiger partial charge in [-0.3, -0.25) is 0 Å². The summed E-state index contributed by atoms with van der Waals surface area (Å²) in [7, 11) is 1.69. The number of benzene rings is 1. The van der Waals surface area contributed by atoms with Gasteiger partial charge in [-0.2, -0.15) is 0 Å². The Labute approximate surface area is 94.9 Å². The maximum Gasteiger partial charge on any atom is 0.184 e. The number of hydrogen-bond donors (Lipinski definition) is 1. The maximum absolute atomic E-state index is 10.0. The zero-order valence-electron chi connectivity index (χ0n) is 8.00. The first-order valence-corrected chi connectivity index (χ1v) is 5.13. The van der Waals surface area contributed by atoms with Crippen LogP contribution in [0, 0.1) is 0 Å². The molecule has 5 nitrogen and oxygen atoms in total. The van der Waals surface area contributed by atoms with Crippen LogP contribution < -0.4 is 0 Å². The Bertz CT molecular complexity index is 471. The summed E-state index contributed by atoms with van der Waals surface area (Å²) in [6.45, 7) is 0. The molecule has 0 fully saturated rings. The van der Waals surface area contributed by atoms with Crippen molar-refractivity contribution < 1.29 is 5.11 Å². The quantitative estimate of drug-likeness (QED) is 0.885. The van der Waals surface area contributed by atoms with E-state index in [-0.39, 0.29) is 0 Å². The molecular formula is C9H9BrN4O. The van der Waals surface area contributed by atoms with Crippen LogP contribution in [0.4, 0.5) is 0 Å². The summed E-state index contributed by atoms with van der Waals surface area (Å²) in [5.74, 6) is 0.424. The summed E-state index contributed by atoms with van der Waals surface area (Å²) < 4.78 is 2.36. The molecule has 0 aliphatic heterocycles. The summed E-state index contributed by atoms with van der Waals surface area (Å²) in [6.07, 6.45) is -0.803. The van der Waals surface area contributed by atoms with Crippen LogP contribution in [0.25, 0.3) is 0 Å². The van der Waals surface area contributed by atoms with E-state index < -0.39 is 6.10 Å². The monoisotopic (exact) mass is 268 g/mol. The Balaban J connectivity index is 2.36. The largest absolute Gasteiger partial charge is 0.380 e. The van der Waals surface area contributed by atoms with Crippen molar-refractivity contribution in [2.75, 3.05) is 0 Å². The number of aromatic nitrogens is 4. The molecule has 78 valence electrons. The Morgan fingerprint density at radius 2 is 2.27 bits per heavy atom. The fourth-order valence-corrected chi connectivity index (χ4v) is 1.71. The lowest BCUT2D eigenvalue weighted by Gasteiger charge is -2.08. The molecule has 2 aromatic rings. The zero-order chi connectivity index (χ0) is 10.8. The van der Waals surface area contributed by atoms with E-state index in [2.05, 4.69) is 31.5 Å². The number of tetrazole rings is 1. The number of aliphatic hydroxyl groups excluding tert-OH is 1. The van der Waals surface area contributed by atoms with Gasteiger partial charge in [-0.05, 0) is 28.1 Å². The first kappa shape index (κ1) is 10.3. The molecule has 2 rings (SSSR count). The van der Waals surface area contributed by atoms with Crippen molar-refractivity contribution >= 4 is 15.9 Å². The average Bonchev–Trinajstić information content (AvgIpc) is 2.63. The van der Waals surface area contributed by atoms with Crippen LogP contribution in [0.15, 0.2) is 28.7 Å². The fraction of sp³-hybridized carbons (Fsp3) is 0.222. The molecule has 1 N–H and O–H groups in total. The maximum atomic E-state index is 10.0. The van der Waals surface area contributed by atoms with Crippen LogP contribution in [0.2, 0.25) is 0 Å². The Kier molecular flexibility index (Phi) is 2.79. The van der Waals surface area contributed by atoms with E-state index >= 15 is 0 Å². The number of rotatable bonds is 2. The van der Waals surface area contributed by atoms with Crippen molar-refractivity contribution in [3.05, 3.63) is 40.1 Å². The van der Waals surface area contributed by atoms with Crippen molar-refractivity contribution in [2.45, 2.75) is 6.10 Å². The minimum atomic E-state index is -0.803. The molecule has 1 atom stereocenters. The normalized spacial score (nSPS) is 12.7. The van der Waals surface area contributed by atoms with Gasteiger partial charge in [0.25, 0.3) is 0 Å². The van der Waals surface area contributed by atoms with Crippen LogP contribution in [0.5, 0.6) is 0 Å². The number of hydrogen-bond acceptors (Lipinski definition) is 4. The standard InChI is InChI=1S/C9H9BrN4O/c1-14-9(11-12-13-14)8(15)6-3-2-4-7(10)5-6/h2-5,8,15H,1H3. The summed E-state index contributed by atoms with van der Waals surface area (Å²) in [5.41, 5.74) is 0.752. The topological polar surface area (TPSA) is 63.8 Å². The van der Waals surface area contributed by atoms with Gasteiger partial charge >= 0.3 is 0 Å². The molecule has 1 aromatic carbocycles. The lowest BCUT2D eigenvalue weighted by Crippen LogP contribution is -2.07. The number of aryl methyl sites for hydroxylation is 1. The second-order valence-electron chi connectivity index (χ2n) is 3.12. The summed E-state index contributed by atoms with van der Waals surface area (Å²) >= 11 is 3.34. The second kappa shape index (κ2) is 4.08. The van der Waals surface area contributed by atoms with Crippen molar-refractivity contribution in [1.82, 2.24) is 20.2 Å². The van der Waals surface area contributed by atoms with Gasteiger partial charge in [0.1, 0.15) is 6.10 Å². The van der Waals surface area contributed by atoms with Gasteiger partial charge in [0.2, 0.25) is 0 Å². The van der Waals surface area contributed by atoms with Crippen molar-refractivity contribution in [3.8, 4) is 0 Å². The first-order valence-electron chi connectivity index (χ1n) is 4.34. The molecular weight excluding hydrogens is 260 g/mol. The van der Waals surface area contributed by atoms with Crippen molar-refractivity contribution in [2.24, 2.45) is 7.05 Å². The summed E-state index contributed by atoms with van der Waals surface area (Å²) in [5, 5.41) is 20.9. The van der Waals surface area contributed by atoms with E-state index in [0.717, 1.165) is 10.0 Å². The van der Waals surface area contributed by atoms with E-state index in [1.54, 1.807) is 7.05 Å². The van der Waals surface area contributed by atoms with Gasteiger partial charge in [0.15, 0.2) is 5.82 Å². The Morgan fingerprint density at radius 3 is 2.87 bits per heavy atom. The van der Waals surface area contributed by atoms with Crippen LogP contribution in [-0.4, -0.2) is 25.3 Å². The minimum Gasteiger partial charge on any atom is -0.380 e. The fourth-order valence-electron chi connectivity index (χ4n) is 1.29. The minimum absolute atomic E-state index is 0.424. The molecule has 0 spiro atoms. The van der Waals surface area contributed by atoms with E-state index in [9.17, 15) is 5.11 Å². The SMILES string of the molecule is Cn1nnnc1C(O)c1cccc(Br)c1. The predicted octanol–water partition coefficient (Wildman–Crippen LogP) is 1.05. The molecule has 0 saturated heterocycles. The van der Waals surface area contributed by atoms with Crippen molar-refractivity contribution in [3.63, 3.8) is 0 Å². The van der Waals surface area contributed by atoms with Gasteiger partial charge in [-0.1, -0.05) is 28.1 Å². The third-order valence-electron chi connectivity index (χ3n) is 2.06. The number of aliphatic hydroxyl groups is 1. The van der Waals surface area contributed by atoms with Gasteiger partial charge in [-0.15, -0.1) is 5.10 Å². The lowest BCUT2D eigenvalue weighted by molar-refractivity contribution is 0.204. The van der Waals surface area contributed by atoms with Crippen molar-refractivity contribution in [1.29, 1.82) is 0 Å². The zero-order valence-corrected chi connectivity index (χ0v) is 9.59. The van der Waals surface area contributed by atoms with Crippen LogP contribution in [-0.2, 0) is 7.05 Å². The van der Waals surface area contributed by atoms with Crippen LogP contribution >= 0.6 is 15.9 Å². The molecule has 0 aliphatic rings. The predicted molar refractivity (Wildman–Crippen MR) is 57.0 cm³/mol. The molecule has 15 heavy (non-hydrogen) atoms. The second-order valence-corrected chi connectivity index (χ2v) is 4.03. The summed E-state index contributed by atoms with van der Waals surface area (Å²) in [4.78, 5) is 0. The Morgan fingerprint density at radius 1 is 1.47 bits per heavy atom. The molecule has 1 unspecified atom stereocenters. The summed E-state index contributed by atoms with van der Waals surface area (Å²) in [6, 6.07) is 7.40. The lowest BCUT2D eigenvalue weighted by atomic mass is 10.1. The van der Waals surface area contributed by atoms with E-state index in [4.69, 9.17) is 0 Å². The highest BCUT2D eigenvalue weighted by Crippen LogP contribution is 2.21. The third kappa shape index (κ3) is 2.05. The van der Waals surface area contributed by atoms with Crippen LogP contribution in [0.1, 0.15) is 17.5 Å². The molecule has 0 bridgehead atoms. The Hall–Kier alpha value is -1.27. The van der Waals surface area contributed by atoms with Gasteiger partial charge in [-0.25, -0.2) is 4.68 Å². The number of nitrogens with zero attached hydrogens (tertiary/aromatic N) is 4. The molecule has 1 heterocycles. The highest BCUT2D eigenvalue weighted by atomic mass is 79.9. The average molecular weight is 269 g/mol. The van der Waals surface area contributed by atoms with Gasteiger partial charge in [0, 0.05) is 11.5 Å². The first-order chi connectivity index (χ1) is 7.18. The molecule has 0 saturated carbocycles. The highest BCUT2D eigenvalue weighted by molar-refractivity contribution is 9.10. The van der Waals surface area contributed by atoms with E-state index in [0.29, 0.717) is 5.82 Å². The molecule has 1 aromatic heterocycles. The molecule has 0 radical (unpaired) electrons. The van der Waals surface area contributed by atoms with Gasteiger partial charge < -0.3 is 5.11 Å². The van der Waals surface area contributed by atoms with E-state index in [1.165, 1.54) is 4.68 Å². The molecule has 0 aliphatic carbocycles. The number of halogens is 1. The highest BCUT2D eigenvalue weighted by Gasteiger charge is 2.16.